The molecule has 0 unspecified atom stereocenters. The van der Waals surface area contributed by atoms with Crippen LogP contribution >= 0.6 is 0 Å². The molecule has 2 aromatic rings. The van der Waals surface area contributed by atoms with Crippen molar-refractivity contribution in [3.63, 3.8) is 0 Å². The molecule has 3 N–H and O–H groups in total. The Balaban J connectivity index is 1.35. The van der Waals surface area contributed by atoms with Crippen molar-refractivity contribution in [3.8, 4) is 0 Å². The van der Waals surface area contributed by atoms with Crippen molar-refractivity contribution in [2.24, 2.45) is 0 Å². The van der Waals surface area contributed by atoms with Gasteiger partial charge in [-0.1, -0.05) is 6.07 Å². The molecule has 0 radical (unpaired) electrons. The molecule has 1 fully saturated rings. The van der Waals surface area contributed by atoms with Gasteiger partial charge in [0.2, 0.25) is 5.91 Å². The molecule has 9 heteroatoms. The lowest BCUT2D eigenvalue weighted by atomic mass is 9.78. The van der Waals surface area contributed by atoms with E-state index in [0.29, 0.717) is 42.7 Å². The van der Waals surface area contributed by atoms with Crippen molar-refractivity contribution in [2.75, 3.05) is 18.4 Å². The molecule has 2 aliphatic rings. The zero-order valence-corrected chi connectivity index (χ0v) is 16.6. The van der Waals surface area contributed by atoms with Crippen molar-refractivity contribution in [1.29, 1.82) is 0 Å². The van der Waals surface area contributed by atoms with Gasteiger partial charge >= 0.3 is 5.97 Å². The van der Waals surface area contributed by atoms with Crippen LogP contribution < -0.4 is 10.7 Å². The first-order chi connectivity index (χ1) is 14.7. The van der Waals surface area contributed by atoms with Gasteiger partial charge in [0.1, 0.15) is 11.6 Å². The maximum Gasteiger partial charge on any atom is 0.338 e. The summed E-state index contributed by atoms with van der Waals surface area (Å²) in [5.74, 6) is -3.13. The number of aromatic carboxylic acids is 1. The Hall–Kier alpha value is -3.33. The number of ketones is 1. The van der Waals surface area contributed by atoms with Gasteiger partial charge in [-0.05, 0) is 48.7 Å². The first kappa shape index (κ1) is 20.9. The molecule has 162 valence electrons. The van der Waals surface area contributed by atoms with Crippen LogP contribution in [0, 0.1) is 11.6 Å². The third-order valence-corrected chi connectivity index (χ3v) is 5.81. The van der Waals surface area contributed by atoms with Crippen LogP contribution in [0.4, 0.5) is 14.5 Å². The van der Waals surface area contributed by atoms with Gasteiger partial charge < -0.3 is 10.4 Å². The van der Waals surface area contributed by atoms with Gasteiger partial charge in [-0.15, -0.1) is 0 Å². The topological polar surface area (TPSA) is 98.7 Å². The maximum absolute atomic E-state index is 13.5. The van der Waals surface area contributed by atoms with Gasteiger partial charge in [0.05, 0.1) is 12.0 Å². The molecule has 2 aliphatic heterocycles. The average molecular weight is 429 g/mol. The highest BCUT2D eigenvalue weighted by atomic mass is 19.1. The van der Waals surface area contributed by atoms with Gasteiger partial charge in [0, 0.05) is 36.3 Å². The summed E-state index contributed by atoms with van der Waals surface area (Å²) in [5, 5.41) is 14.1. The molecule has 1 amide bonds. The summed E-state index contributed by atoms with van der Waals surface area (Å²) in [6.07, 6.45) is 1.39. The normalized spacial score (nSPS) is 17.7. The molecule has 1 saturated heterocycles. The number of nitrogens with zero attached hydrogens (tertiary/aromatic N) is 1. The smallest absolute Gasteiger partial charge is 0.338 e. The van der Waals surface area contributed by atoms with E-state index in [9.17, 15) is 23.2 Å². The van der Waals surface area contributed by atoms with E-state index in [-0.39, 0.29) is 24.5 Å². The summed E-state index contributed by atoms with van der Waals surface area (Å²) in [7, 11) is 0. The van der Waals surface area contributed by atoms with E-state index in [1.807, 2.05) is 0 Å². The largest absolute Gasteiger partial charge is 0.478 e. The number of piperidine rings is 1. The molecule has 2 aromatic carbocycles. The van der Waals surface area contributed by atoms with Crippen molar-refractivity contribution in [2.45, 2.75) is 31.2 Å². The van der Waals surface area contributed by atoms with Crippen LogP contribution in [0.2, 0.25) is 0 Å². The van der Waals surface area contributed by atoms with Crippen molar-refractivity contribution in [1.82, 2.24) is 10.4 Å². The molecule has 0 atom stereocenters. The fraction of sp³-hybridized carbons (Fsp3) is 0.318. The lowest BCUT2D eigenvalue weighted by molar-refractivity contribution is -0.126. The predicted molar refractivity (Wildman–Crippen MR) is 108 cm³/mol. The quantitative estimate of drug-likeness (QED) is 0.691. The monoisotopic (exact) mass is 429 g/mol. The summed E-state index contributed by atoms with van der Waals surface area (Å²) in [6.45, 7) is 1.01. The second kappa shape index (κ2) is 8.07. The number of rotatable bonds is 4. The van der Waals surface area contributed by atoms with Crippen LogP contribution in [-0.4, -0.2) is 46.4 Å². The van der Waals surface area contributed by atoms with E-state index < -0.39 is 28.7 Å². The Kier molecular flexibility index (Phi) is 5.45. The Bertz CT molecular complexity index is 1060. The molecule has 31 heavy (non-hydrogen) atoms. The number of Topliss-reactive ketones (excluding diaryl/α,β-unsaturated/α-hetero) is 1. The maximum atomic E-state index is 13.5. The van der Waals surface area contributed by atoms with Crippen LogP contribution in [0.25, 0.3) is 0 Å². The summed E-state index contributed by atoms with van der Waals surface area (Å²) in [5.41, 5.74) is 3.26. The zero-order chi connectivity index (χ0) is 22.2. The van der Waals surface area contributed by atoms with Gasteiger partial charge in [-0.25, -0.2) is 18.6 Å². The van der Waals surface area contributed by atoms with Crippen molar-refractivity contribution in [3.05, 3.63) is 64.7 Å². The van der Waals surface area contributed by atoms with Crippen LogP contribution in [0.1, 0.15) is 45.5 Å². The number of anilines is 1. The molecule has 2 heterocycles. The average Bonchev–Trinajstić information content (AvgIpc) is 2.72. The van der Waals surface area contributed by atoms with E-state index in [0.717, 1.165) is 12.1 Å². The number of carbonyl (C=O) groups excluding carboxylic acids is 2. The first-order valence-electron chi connectivity index (χ1n) is 9.92. The summed E-state index contributed by atoms with van der Waals surface area (Å²) >= 11 is 0. The molecule has 0 bridgehead atoms. The minimum atomic E-state index is -1.39. The Morgan fingerprint density at radius 3 is 2.58 bits per heavy atom. The van der Waals surface area contributed by atoms with E-state index in [2.05, 4.69) is 10.7 Å². The van der Waals surface area contributed by atoms with Crippen LogP contribution in [-0.2, 0) is 11.2 Å². The van der Waals surface area contributed by atoms with E-state index in [1.54, 1.807) is 11.1 Å². The number of hydrogen-bond acceptors (Lipinski definition) is 5. The molecule has 0 saturated carbocycles. The fourth-order valence-corrected chi connectivity index (χ4v) is 4.18. The minimum absolute atomic E-state index is 0.0854. The molecular weight excluding hydrogens is 408 g/mol. The summed E-state index contributed by atoms with van der Waals surface area (Å²) < 4.78 is 26.9. The van der Waals surface area contributed by atoms with Crippen molar-refractivity contribution < 1.29 is 28.3 Å². The Labute approximate surface area is 177 Å². The highest BCUT2D eigenvalue weighted by Gasteiger charge is 2.41. The number of halogens is 2. The number of hydrazine groups is 1. The first-order valence-corrected chi connectivity index (χ1v) is 9.92. The van der Waals surface area contributed by atoms with Crippen molar-refractivity contribution >= 4 is 23.3 Å². The Morgan fingerprint density at radius 1 is 1.13 bits per heavy atom. The number of carboxylic acid groups (broad SMARTS) is 1. The van der Waals surface area contributed by atoms with Gasteiger partial charge in [0.15, 0.2) is 5.78 Å². The number of carbonyl (C=O) groups is 3. The van der Waals surface area contributed by atoms with E-state index in [4.69, 9.17) is 5.11 Å². The third-order valence-electron chi connectivity index (χ3n) is 5.81. The molecule has 4 rings (SSSR count). The fourth-order valence-electron chi connectivity index (χ4n) is 4.18. The second-order valence-corrected chi connectivity index (χ2v) is 8.01. The van der Waals surface area contributed by atoms with Gasteiger partial charge in [0.25, 0.3) is 0 Å². The number of nitrogens with one attached hydrogen (secondary N) is 2. The summed E-state index contributed by atoms with van der Waals surface area (Å²) in [6, 6.07) is 7.71. The van der Waals surface area contributed by atoms with E-state index >= 15 is 0 Å². The van der Waals surface area contributed by atoms with Crippen LogP contribution in [0.3, 0.4) is 0 Å². The predicted octanol–water partition coefficient (Wildman–Crippen LogP) is 2.77. The number of carboxylic acids is 1. The molecule has 0 aliphatic carbocycles. The molecule has 7 nitrogen and oxygen atoms in total. The van der Waals surface area contributed by atoms with Crippen LogP contribution in [0.5, 0.6) is 0 Å². The SMILES string of the molecule is O=C(Cc1ccc(F)c(C(=O)O)c1)NN1CCC2(CC1)CC(=O)c1cc(F)ccc1N2. The highest BCUT2D eigenvalue weighted by molar-refractivity contribution is 6.04. The molecule has 0 aromatic heterocycles. The van der Waals surface area contributed by atoms with E-state index in [1.165, 1.54) is 18.2 Å². The van der Waals surface area contributed by atoms with Gasteiger partial charge in [-0.2, -0.15) is 0 Å². The number of amides is 1. The van der Waals surface area contributed by atoms with Gasteiger partial charge in [-0.3, -0.25) is 15.0 Å². The summed E-state index contributed by atoms with van der Waals surface area (Å²) in [4.78, 5) is 35.9. The Morgan fingerprint density at radius 2 is 1.87 bits per heavy atom. The number of hydrogen-bond donors (Lipinski definition) is 3. The highest BCUT2D eigenvalue weighted by Crippen LogP contribution is 2.37. The molecular formula is C22H21F2N3O4. The standard InChI is InChI=1S/C22H21F2N3O4/c23-14-2-4-18-16(11-14)19(28)12-22(25-18)5-7-27(8-6-22)26-20(29)10-13-1-3-17(24)15(9-13)21(30)31/h1-4,9,11,25H,5-8,10,12H2,(H,26,29)(H,30,31). The lowest BCUT2D eigenvalue weighted by Crippen LogP contribution is -2.56. The number of fused-ring (bicyclic) bond motifs is 1. The number of benzene rings is 2. The molecule has 1 spiro atoms. The minimum Gasteiger partial charge on any atom is -0.478 e. The van der Waals surface area contributed by atoms with Crippen LogP contribution in [0.15, 0.2) is 36.4 Å². The third kappa shape index (κ3) is 4.41. The zero-order valence-electron chi connectivity index (χ0n) is 16.6. The lowest BCUT2D eigenvalue weighted by Gasteiger charge is -2.45. The second-order valence-electron chi connectivity index (χ2n) is 8.01.